The number of hydrogen-bond donors (Lipinski definition) is 4. The fourth-order valence-electron chi connectivity index (χ4n) is 3.60. The number of fused-ring (bicyclic) bond motifs is 1. The van der Waals surface area contributed by atoms with Crippen molar-refractivity contribution in [2.45, 2.75) is 19.3 Å². The number of anilines is 4. The number of carbonyl (C=O) groups excluding carboxylic acids is 2. The quantitative estimate of drug-likeness (QED) is 0.436. The maximum absolute atomic E-state index is 13.1. The summed E-state index contributed by atoms with van der Waals surface area (Å²) in [6, 6.07) is 14.1. The van der Waals surface area contributed by atoms with Crippen LogP contribution in [0.15, 0.2) is 53.3 Å². The predicted molar refractivity (Wildman–Crippen MR) is 123 cm³/mol. The number of benzene rings is 2. The van der Waals surface area contributed by atoms with Crippen LogP contribution < -0.4 is 31.0 Å². The van der Waals surface area contributed by atoms with Crippen LogP contribution in [0.25, 0.3) is 0 Å². The number of hydrogen-bond acceptors (Lipinski definition) is 7. The molecular weight excluding hydrogens is 426 g/mol. The lowest BCUT2D eigenvalue weighted by molar-refractivity contribution is -0.123. The highest BCUT2D eigenvalue weighted by molar-refractivity contribution is 6.05. The number of ether oxygens (including phenoxy) is 2. The number of carbonyl (C=O) groups is 2. The predicted octanol–water partition coefficient (Wildman–Crippen LogP) is 2.99. The Bertz CT molecular complexity index is 1260. The molecule has 0 radical (unpaired) electrons. The summed E-state index contributed by atoms with van der Waals surface area (Å²) in [5.41, 5.74) is 0.588. The van der Waals surface area contributed by atoms with Crippen LogP contribution in [-0.4, -0.2) is 35.5 Å². The van der Waals surface area contributed by atoms with Crippen molar-refractivity contribution in [3.05, 3.63) is 64.4 Å². The van der Waals surface area contributed by atoms with Crippen molar-refractivity contribution in [1.82, 2.24) is 9.97 Å². The van der Waals surface area contributed by atoms with Crippen LogP contribution in [0.3, 0.4) is 0 Å². The number of aromatic nitrogens is 2. The lowest BCUT2D eigenvalue weighted by atomic mass is 9.92. The molecule has 33 heavy (non-hydrogen) atoms. The van der Waals surface area contributed by atoms with Gasteiger partial charge in [-0.1, -0.05) is 24.3 Å². The second-order valence-corrected chi connectivity index (χ2v) is 7.23. The molecule has 1 atom stereocenters. The number of H-pyrrole nitrogens is 1. The minimum absolute atomic E-state index is 0.0330. The zero-order valence-electron chi connectivity index (χ0n) is 18.1. The molecule has 10 heteroatoms. The Balaban J connectivity index is 1.64. The topological polar surface area (TPSA) is 134 Å². The molecule has 1 aliphatic rings. The summed E-state index contributed by atoms with van der Waals surface area (Å²) < 4.78 is 10.8. The van der Waals surface area contributed by atoms with Crippen LogP contribution in [0.1, 0.15) is 24.8 Å². The molecule has 0 fully saturated rings. The number of methoxy groups -OCH3 is 1. The molecular formula is C23H23N5O5. The number of nitrogens with one attached hydrogen (secondary N) is 4. The maximum atomic E-state index is 13.1. The lowest BCUT2D eigenvalue weighted by Crippen LogP contribution is -2.36. The molecule has 10 nitrogen and oxygen atoms in total. The van der Waals surface area contributed by atoms with E-state index in [9.17, 15) is 14.4 Å². The fraction of sp³-hybridized carbons (Fsp3) is 0.217. The Kier molecular flexibility index (Phi) is 6.25. The van der Waals surface area contributed by atoms with Gasteiger partial charge in [-0.15, -0.1) is 0 Å². The SMILES string of the molecule is CCOc1ccccc1NC(=O)C1CC(=O)Nc2nc(Nc3ccccc3OC)[nH]c(=O)c21. The highest BCUT2D eigenvalue weighted by atomic mass is 16.5. The van der Waals surface area contributed by atoms with Gasteiger partial charge in [0.1, 0.15) is 17.3 Å². The second-order valence-electron chi connectivity index (χ2n) is 7.23. The highest BCUT2D eigenvalue weighted by Gasteiger charge is 2.35. The molecule has 2 heterocycles. The molecule has 1 aliphatic heterocycles. The third-order valence-electron chi connectivity index (χ3n) is 5.07. The number of aromatic amines is 1. The number of para-hydroxylation sites is 4. The van der Waals surface area contributed by atoms with Crippen LogP contribution in [0.4, 0.5) is 23.1 Å². The number of amides is 2. The minimum atomic E-state index is -1.01. The van der Waals surface area contributed by atoms with Gasteiger partial charge in [0, 0.05) is 6.42 Å². The first-order valence-corrected chi connectivity index (χ1v) is 10.4. The smallest absolute Gasteiger partial charge is 0.258 e. The summed E-state index contributed by atoms with van der Waals surface area (Å²) in [7, 11) is 1.52. The van der Waals surface area contributed by atoms with Crippen molar-refractivity contribution in [2.75, 3.05) is 29.7 Å². The van der Waals surface area contributed by atoms with Crippen LogP contribution in [0.5, 0.6) is 11.5 Å². The Morgan fingerprint density at radius 2 is 1.79 bits per heavy atom. The first-order chi connectivity index (χ1) is 16.0. The third-order valence-corrected chi connectivity index (χ3v) is 5.07. The summed E-state index contributed by atoms with van der Waals surface area (Å²) in [6.45, 7) is 2.26. The average Bonchev–Trinajstić information content (AvgIpc) is 2.80. The highest BCUT2D eigenvalue weighted by Crippen LogP contribution is 2.32. The van der Waals surface area contributed by atoms with Gasteiger partial charge in [-0.2, -0.15) is 4.98 Å². The molecule has 0 saturated carbocycles. The molecule has 0 saturated heterocycles. The number of rotatable bonds is 7. The summed E-state index contributed by atoms with van der Waals surface area (Å²) in [4.78, 5) is 45.3. The molecule has 4 N–H and O–H groups in total. The van der Waals surface area contributed by atoms with Crippen molar-refractivity contribution in [3.8, 4) is 11.5 Å². The van der Waals surface area contributed by atoms with Gasteiger partial charge in [-0.05, 0) is 31.2 Å². The van der Waals surface area contributed by atoms with E-state index in [4.69, 9.17) is 9.47 Å². The van der Waals surface area contributed by atoms with Crippen LogP contribution in [-0.2, 0) is 9.59 Å². The van der Waals surface area contributed by atoms with Crippen molar-refractivity contribution >= 4 is 35.0 Å². The summed E-state index contributed by atoms with van der Waals surface area (Å²) in [5.74, 6) is -0.751. The molecule has 0 aliphatic carbocycles. The van der Waals surface area contributed by atoms with Crippen LogP contribution >= 0.6 is 0 Å². The van der Waals surface area contributed by atoms with Gasteiger partial charge in [0.25, 0.3) is 5.56 Å². The molecule has 1 aromatic heterocycles. The van der Waals surface area contributed by atoms with E-state index in [0.29, 0.717) is 29.5 Å². The molecule has 1 unspecified atom stereocenters. The summed E-state index contributed by atoms with van der Waals surface area (Å²) >= 11 is 0. The fourth-order valence-corrected chi connectivity index (χ4v) is 3.60. The van der Waals surface area contributed by atoms with Gasteiger partial charge in [0.2, 0.25) is 17.8 Å². The standard InChI is InChI=1S/C23H23N5O5/c1-3-33-17-11-7-5-9-15(17)24-21(30)13-12-18(29)26-20-19(13)22(31)28-23(27-20)25-14-8-4-6-10-16(14)32-2/h4-11,13H,3,12H2,1-2H3,(H,24,30)(H3,25,26,27,28,29,31). The van der Waals surface area contributed by atoms with Crippen molar-refractivity contribution in [1.29, 1.82) is 0 Å². The van der Waals surface area contributed by atoms with E-state index < -0.39 is 23.3 Å². The van der Waals surface area contributed by atoms with Gasteiger partial charge < -0.3 is 25.4 Å². The van der Waals surface area contributed by atoms with Gasteiger partial charge >= 0.3 is 0 Å². The van der Waals surface area contributed by atoms with E-state index in [1.165, 1.54) is 7.11 Å². The molecule has 0 spiro atoms. The monoisotopic (exact) mass is 449 g/mol. The van der Waals surface area contributed by atoms with Gasteiger partial charge in [-0.25, -0.2) is 0 Å². The molecule has 4 rings (SSSR count). The van der Waals surface area contributed by atoms with E-state index in [2.05, 4.69) is 25.9 Å². The third kappa shape index (κ3) is 4.64. The van der Waals surface area contributed by atoms with E-state index in [0.717, 1.165) is 0 Å². The first-order valence-electron chi connectivity index (χ1n) is 10.4. The summed E-state index contributed by atoms with van der Waals surface area (Å²) in [6.07, 6.45) is -0.181. The van der Waals surface area contributed by atoms with Crippen LogP contribution in [0, 0.1) is 0 Å². The second kappa shape index (κ2) is 9.43. The average molecular weight is 449 g/mol. The van der Waals surface area contributed by atoms with E-state index in [1.807, 2.05) is 6.92 Å². The molecule has 2 aromatic carbocycles. The van der Waals surface area contributed by atoms with E-state index in [-0.39, 0.29) is 23.8 Å². The largest absolute Gasteiger partial charge is 0.495 e. The van der Waals surface area contributed by atoms with Crippen molar-refractivity contribution in [2.24, 2.45) is 0 Å². The molecule has 170 valence electrons. The Hall–Kier alpha value is -4.34. The zero-order valence-corrected chi connectivity index (χ0v) is 18.1. The number of nitrogens with zero attached hydrogens (tertiary/aromatic N) is 1. The minimum Gasteiger partial charge on any atom is -0.495 e. The van der Waals surface area contributed by atoms with Crippen molar-refractivity contribution in [3.63, 3.8) is 0 Å². The van der Waals surface area contributed by atoms with Crippen LogP contribution in [0.2, 0.25) is 0 Å². The molecule has 2 amide bonds. The van der Waals surface area contributed by atoms with Gasteiger partial charge in [0.05, 0.1) is 36.6 Å². The Morgan fingerprint density at radius 1 is 1.09 bits per heavy atom. The first kappa shape index (κ1) is 21.9. The maximum Gasteiger partial charge on any atom is 0.258 e. The van der Waals surface area contributed by atoms with Crippen molar-refractivity contribution < 1.29 is 19.1 Å². The van der Waals surface area contributed by atoms with Gasteiger partial charge in [0.15, 0.2) is 0 Å². The lowest BCUT2D eigenvalue weighted by Gasteiger charge is -2.24. The Labute approximate surface area is 189 Å². The summed E-state index contributed by atoms with van der Waals surface area (Å²) in [5, 5.41) is 8.33. The Morgan fingerprint density at radius 3 is 2.52 bits per heavy atom. The van der Waals surface area contributed by atoms with E-state index in [1.54, 1.807) is 48.5 Å². The molecule has 0 bridgehead atoms. The molecule has 3 aromatic rings. The zero-order chi connectivity index (χ0) is 23.4. The van der Waals surface area contributed by atoms with Gasteiger partial charge in [-0.3, -0.25) is 19.4 Å². The normalized spacial score (nSPS) is 14.6. The van der Waals surface area contributed by atoms with E-state index >= 15 is 0 Å².